The maximum Gasteiger partial charge on any atom is 0.261 e. The summed E-state index contributed by atoms with van der Waals surface area (Å²) >= 11 is 5.15. The lowest BCUT2D eigenvalue weighted by Crippen LogP contribution is -2.38. The molecule has 2 aromatic rings. The molecule has 0 aliphatic heterocycles. The van der Waals surface area contributed by atoms with Crippen molar-refractivity contribution in [3.63, 3.8) is 0 Å². The fourth-order valence-corrected chi connectivity index (χ4v) is 2.14. The lowest BCUT2D eigenvalue weighted by Gasteiger charge is -2.12. The predicted molar refractivity (Wildman–Crippen MR) is 92.9 cm³/mol. The highest BCUT2D eigenvalue weighted by Crippen LogP contribution is 2.24. The molecule has 0 aromatic heterocycles. The number of rotatable bonds is 5. The van der Waals surface area contributed by atoms with E-state index < -0.39 is 0 Å². The van der Waals surface area contributed by atoms with Crippen LogP contribution >= 0.6 is 12.2 Å². The molecule has 0 unspecified atom stereocenters. The number of benzene rings is 2. The molecule has 1 amide bonds. The van der Waals surface area contributed by atoms with Gasteiger partial charge in [0.15, 0.2) is 5.11 Å². The van der Waals surface area contributed by atoms with Crippen LogP contribution < -0.4 is 20.1 Å². The number of nitrogens with one attached hydrogen (secondary N) is 2. The summed E-state index contributed by atoms with van der Waals surface area (Å²) in [7, 11) is 3.05. The van der Waals surface area contributed by atoms with Crippen molar-refractivity contribution in [2.45, 2.75) is 6.54 Å². The molecule has 6 heteroatoms. The van der Waals surface area contributed by atoms with Gasteiger partial charge in [0, 0.05) is 12.6 Å². The molecular formula is C17H18N2O3S. The Bertz CT molecular complexity index is 689. The Morgan fingerprint density at radius 1 is 1.09 bits per heavy atom. The second-order valence-electron chi connectivity index (χ2n) is 4.69. The Labute approximate surface area is 140 Å². The van der Waals surface area contributed by atoms with Crippen LogP contribution in [-0.2, 0) is 6.54 Å². The summed E-state index contributed by atoms with van der Waals surface area (Å²) in [5.41, 5.74) is 1.46. The Kier molecular flexibility index (Phi) is 5.94. The highest BCUT2D eigenvalue weighted by molar-refractivity contribution is 7.80. The van der Waals surface area contributed by atoms with E-state index in [0.717, 1.165) is 5.56 Å². The van der Waals surface area contributed by atoms with Crippen LogP contribution in [0.5, 0.6) is 11.5 Å². The van der Waals surface area contributed by atoms with E-state index in [1.807, 2.05) is 30.3 Å². The Morgan fingerprint density at radius 2 is 1.83 bits per heavy atom. The smallest absolute Gasteiger partial charge is 0.261 e. The van der Waals surface area contributed by atoms with Gasteiger partial charge in [-0.05, 0) is 29.9 Å². The fraction of sp³-hybridized carbons (Fsp3) is 0.176. The second-order valence-corrected chi connectivity index (χ2v) is 5.10. The molecule has 23 heavy (non-hydrogen) atoms. The Morgan fingerprint density at radius 3 is 2.48 bits per heavy atom. The van der Waals surface area contributed by atoms with Crippen LogP contribution in [0.1, 0.15) is 15.9 Å². The molecule has 0 atom stereocenters. The van der Waals surface area contributed by atoms with Crippen LogP contribution in [-0.4, -0.2) is 25.2 Å². The summed E-state index contributed by atoms with van der Waals surface area (Å²) in [6, 6.07) is 14.8. The minimum Gasteiger partial charge on any atom is -0.497 e. The zero-order valence-corrected chi connectivity index (χ0v) is 13.8. The highest BCUT2D eigenvalue weighted by Gasteiger charge is 2.14. The van der Waals surface area contributed by atoms with Crippen molar-refractivity contribution in [1.82, 2.24) is 10.6 Å². The first-order valence-electron chi connectivity index (χ1n) is 6.99. The molecule has 2 rings (SSSR count). The van der Waals surface area contributed by atoms with Gasteiger partial charge in [-0.1, -0.05) is 30.3 Å². The predicted octanol–water partition coefficient (Wildman–Crippen LogP) is 2.51. The van der Waals surface area contributed by atoms with Gasteiger partial charge < -0.3 is 14.8 Å². The number of methoxy groups -OCH3 is 2. The minimum atomic E-state index is -0.338. The number of hydrogen-bond acceptors (Lipinski definition) is 4. The van der Waals surface area contributed by atoms with Gasteiger partial charge in [-0.25, -0.2) is 0 Å². The molecule has 0 bridgehead atoms. The van der Waals surface area contributed by atoms with E-state index in [2.05, 4.69) is 10.6 Å². The van der Waals surface area contributed by atoms with Crippen LogP contribution in [0.15, 0.2) is 48.5 Å². The van der Waals surface area contributed by atoms with Crippen LogP contribution in [0.2, 0.25) is 0 Å². The molecule has 120 valence electrons. The van der Waals surface area contributed by atoms with E-state index in [1.54, 1.807) is 25.3 Å². The van der Waals surface area contributed by atoms with Crippen LogP contribution in [0, 0.1) is 0 Å². The standard InChI is InChI=1S/C17H18N2O3S/c1-21-13-8-9-14(15(10-13)22-2)16(20)19-17(23)18-11-12-6-4-3-5-7-12/h3-10H,11H2,1-2H3,(H2,18,19,20,23). The third-order valence-corrected chi connectivity index (χ3v) is 3.42. The quantitative estimate of drug-likeness (QED) is 0.825. The van der Waals surface area contributed by atoms with Gasteiger partial charge in [0.1, 0.15) is 11.5 Å². The van der Waals surface area contributed by atoms with Crippen molar-refractivity contribution >= 4 is 23.2 Å². The van der Waals surface area contributed by atoms with Crippen molar-refractivity contribution < 1.29 is 14.3 Å². The molecule has 2 aromatic carbocycles. The van der Waals surface area contributed by atoms with E-state index in [-0.39, 0.29) is 11.0 Å². The van der Waals surface area contributed by atoms with E-state index in [9.17, 15) is 4.79 Å². The highest BCUT2D eigenvalue weighted by atomic mass is 32.1. The molecule has 0 spiro atoms. The van der Waals surface area contributed by atoms with Crippen LogP contribution in [0.25, 0.3) is 0 Å². The second kappa shape index (κ2) is 8.14. The maximum absolute atomic E-state index is 12.3. The summed E-state index contributed by atoms with van der Waals surface area (Å²) in [5, 5.41) is 5.89. The number of hydrogen-bond donors (Lipinski definition) is 2. The molecule has 0 saturated carbocycles. The number of carbonyl (C=O) groups is 1. The van der Waals surface area contributed by atoms with E-state index in [4.69, 9.17) is 21.7 Å². The van der Waals surface area contributed by atoms with Crippen molar-refractivity contribution in [3.8, 4) is 11.5 Å². The normalized spacial score (nSPS) is 9.83. The van der Waals surface area contributed by atoms with Gasteiger partial charge in [0.2, 0.25) is 0 Å². The molecule has 0 radical (unpaired) electrons. The molecule has 0 aliphatic carbocycles. The molecule has 0 saturated heterocycles. The molecule has 0 aliphatic rings. The lowest BCUT2D eigenvalue weighted by atomic mass is 10.2. The average molecular weight is 330 g/mol. The first-order valence-corrected chi connectivity index (χ1v) is 7.40. The number of amides is 1. The third kappa shape index (κ3) is 4.69. The average Bonchev–Trinajstić information content (AvgIpc) is 2.60. The van der Waals surface area contributed by atoms with Crippen molar-refractivity contribution in [2.24, 2.45) is 0 Å². The number of ether oxygens (including phenoxy) is 2. The minimum absolute atomic E-state index is 0.261. The van der Waals surface area contributed by atoms with Crippen molar-refractivity contribution in [1.29, 1.82) is 0 Å². The summed E-state index contributed by atoms with van der Waals surface area (Å²) in [6.07, 6.45) is 0. The molecule has 2 N–H and O–H groups in total. The van der Waals surface area contributed by atoms with Gasteiger partial charge in [-0.2, -0.15) is 0 Å². The SMILES string of the molecule is COc1ccc(C(=O)NC(=S)NCc2ccccc2)c(OC)c1. The fourth-order valence-electron chi connectivity index (χ4n) is 1.98. The summed E-state index contributed by atoms with van der Waals surface area (Å²) < 4.78 is 10.3. The van der Waals surface area contributed by atoms with Gasteiger partial charge in [-0.3, -0.25) is 10.1 Å². The first kappa shape index (κ1) is 16.8. The molecule has 0 fully saturated rings. The Hall–Kier alpha value is -2.60. The number of carbonyl (C=O) groups excluding carboxylic acids is 1. The van der Waals surface area contributed by atoms with Crippen molar-refractivity contribution in [3.05, 3.63) is 59.7 Å². The maximum atomic E-state index is 12.3. The molecular weight excluding hydrogens is 312 g/mol. The van der Waals surface area contributed by atoms with E-state index >= 15 is 0 Å². The van der Waals surface area contributed by atoms with E-state index in [1.165, 1.54) is 7.11 Å². The zero-order valence-electron chi connectivity index (χ0n) is 13.0. The van der Waals surface area contributed by atoms with Crippen molar-refractivity contribution in [2.75, 3.05) is 14.2 Å². The van der Waals surface area contributed by atoms with Gasteiger partial charge in [-0.15, -0.1) is 0 Å². The van der Waals surface area contributed by atoms with Crippen LogP contribution in [0.3, 0.4) is 0 Å². The van der Waals surface area contributed by atoms with Gasteiger partial charge in [0.25, 0.3) is 5.91 Å². The largest absolute Gasteiger partial charge is 0.497 e. The van der Waals surface area contributed by atoms with E-state index in [0.29, 0.717) is 23.6 Å². The molecule has 0 heterocycles. The monoisotopic (exact) mass is 330 g/mol. The molecule has 5 nitrogen and oxygen atoms in total. The Balaban J connectivity index is 1.97. The lowest BCUT2D eigenvalue weighted by molar-refractivity contribution is 0.0973. The summed E-state index contributed by atoms with van der Waals surface area (Å²) in [6.45, 7) is 0.541. The summed E-state index contributed by atoms with van der Waals surface area (Å²) in [4.78, 5) is 12.3. The van der Waals surface area contributed by atoms with Gasteiger partial charge >= 0.3 is 0 Å². The first-order chi connectivity index (χ1) is 11.1. The topological polar surface area (TPSA) is 59.6 Å². The number of thiocarbonyl (C=S) groups is 1. The third-order valence-electron chi connectivity index (χ3n) is 3.18. The zero-order chi connectivity index (χ0) is 16.7. The summed E-state index contributed by atoms with van der Waals surface area (Å²) in [5.74, 6) is 0.700. The van der Waals surface area contributed by atoms with Gasteiger partial charge in [0.05, 0.1) is 19.8 Å². The van der Waals surface area contributed by atoms with Crippen LogP contribution in [0.4, 0.5) is 0 Å².